The van der Waals surface area contributed by atoms with E-state index in [2.05, 4.69) is 34.5 Å². The zero-order valence-corrected chi connectivity index (χ0v) is 12.7. The third-order valence-electron chi connectivity index (χ3n) is 2.14. The summed E-state index contributed by atoms with van der Waals surface area (Å²) >= 11 is 0. The van der Waals surface area contributed by atoms with Gasteiger partial charge in [-0.1, -0.05) is 13.3 Å². The van der Waals surface area contributed by atoms with Crippen molar-refractivity contribution in [3.05, 3.63) is 0 Å². The maximum Gasteiger partial charge on any atom is 0.190 e. The number of likely N-dealkylation sites (N-methyl/N-ethyl adjacent to an activating group) is 1. The van der Waals surface area contributed by atoms with Crippen LogP contribution in [-0.2, 0) is 0 Å². The molecule has 92 valence electrons. The van der Waals surface area contributed by atoms with Gasteiger partial charge in [0.2, 0.25) is 0 Å². The van der Waals surface area contributed by atoms with Crippen LogP contribution in [-0.4, -0.2) is 51.6 Å². The van der Waals surface area contributed by atoms with E-state index in [1.807, 2.05) is 7.05 Å². The lowest BCUT2D eigenvalue weighted by Crippen LogP contribution is -2.39. The molecule has 0 heterocycles. The fourth-order valence-electron chi connectivity index (χ4n) is 1.18. The van der Waals surface area contributed by atoms with E-state index in [1.165, 1.54) is 19.4 Å². The molecule has 2 N–H and O–H groups in total. The van der Waals surface area contributed by atoms with Crippen LogP contribution >= 0.6 is 24.0 Å². The SMILES string of the molecule is CCCCN(C)CCNC(=NC)NC.I. The van der Waals surface area contributed by atoms with Crippen LogP contribution in [0.2, 0.25) is 0 Å². The third kappa shape index (κ3) is 10.2. The first-order chi connectivity index (χ1) is 6.74. The van der Waals surface area contributed by atoms with Gasteiger partial charge in [-0.2, -0.15) is 0 Å². The topological polar surface area (TPSA) is 39.7 Å². The summed E-state index contributed by atoms with van der Waals surface area (Å²) in [5.41, 5.74) is 0. The van der Waals surface area contributed by atoms with Crippen molar-refractivity contribution in [1.82, 2.24) is 15.5 Å². The predicted molar refractivity (Wildman–Crippen MR) is 78.2 cm³/mol. The summed E-state index contributed by atoms with van der Waals surface area (Å²) in [6.45, 7) is 5.39. The summed E-state index contributed by atoms with van der Waals surface area (Å²) in [5, 5.41) is 6.21. The number of hydrogen-bond acceptors (Lipinski definition) is 2. The van der Waals surface area contributed by atoms with Crippen LogP contribution in [0.15, 0.2) is 4.99 Å². The normalized spacial score (nSPS) is 11.1. The van der Waals surface area contributed by atoms with E-state index < -0.39 is 0 Å². The molecule has 0 saturated heterocycles. The molecule has 0 fully saturated rings. The number of hydrogen-bond donors (Lipinski definition) is 2. The van der Waals surface area contributed by atoms with Crippen molar-refractivity contribution in [3.8, 4) is 0 Å². The Hall–Kier alpha value is -0.0400. The second kappa shape index (κ2) is 12.0. The highest BCUT2D eigenvalue weighted by Gasteiger charge is 1.97. The summed E-state index contributed by atoms with van der Waals surface area (Å²) in [7, 11) is 5.80. The number of unbranched alkanes of at least 4 members (excludes halogenated alkanes) is 1. The molecule has 4 nitrogen and oxygen atoms in total. The molecule has 0 aliphatic carbocycles. The summed E-state index contributed by atoms with van der Waals surface area (Å²) in [4.78, 5) is 6.37. The molecule has 0 unspecified atom stereocenters. The van der Waals surface area contributed by atoms with Gasteiger partial charge in [0, 0.05) is 27.2 Å². The lowest BCUT2D eigenvalue weighted by molar-refractivity contribution is 0.332. The fraction of sp³-hybridized carbons (Fsp3) is 0.900. The standard InChI is InChI=1S/C10H24N4.HI/c1-5-6-8-14(4)9-7-13-10(11-2)12-3;/h5-9H2,1-4H3,(H2,11,12,13);1H. The van der Waals surface area contributed by atoms with E-state index in [9.17, 15) is 0 Å². The van der Waals surface area contributed by atoms with Crippen LogP contribution in [0.3, 0.4) is 0 Å². The third-order valence-corrected chi connectivity index (χ3v) is 2.14. The summed E-state index contributed by atoms with van der Waals surface area (Å²) in [6, 6.07) is 0. The predicted octanol–water partition coefficient (Wildman–Crippen LogP) is 1.13. The van der Waals surface area contributed by atoms with Crippen LogP contribution in [0.25, 0.3) is 0 Å². The highest BCUT2D eigenvalue weighted by Crippen LogP contribution is 1.89. The highest BCUT2D eigenvalue weighted by atomic mass is 127. The van der Waals surface area contributed by atoms with Crippen molar-refractivity contribution < 1.29 is 0 Å². The average Bonchev–Trinajstić information content (AvgIpc) is 2.21. The molecular weight excluding hydrogens is 303 g/mol. The van der Waals surface area contributed by atoms with Crippen LogP contribution in [0.1, 0.15) is 19.8 Å². The van der Waals surface area contributed by atoms with Gasteiger partial charge in [0.25, 0.3) is 0 Å². The van der Waals surface area contributed by atoms with Gasteiger partial charge in [-0.25, -0.2) is 0 Å². The first-order valence-corrected chi connectivity index (χ1v) is 5.31. The monoisotopic (exact) mass is 328 g/mol. The zero-order chi connectivity index (χ0) is 10.8. The Morgan fingerprint density at radius 2 is 2.00 bits per heavy atom. The van der Waals surface area contributed by atoms with Gasteiger partial charge in [-0.05, 0) is 20.0 Å². The minimum absolute atomic E-state index is 0. The molecule has 0 saturated carbocycles. The van der Waals surface area contributed by atoms with Crippen LogP contribution in [0.4, 0.5) is 0 Å². The molecule has 0 aliphatic rings. The maximum atomic E-state index is 4.04. The Morgan fingerprint density at radius 1 is 1.33 bits per heavy atom. The van der Waals surface area contributed by atoms with Gasteiger partial charge < -0.3 is 15.5 Å². The largest absolute Gasteiger partial charge is 0.359 e. The number of guanidine groups is 1. The molecule has 0 aliphatic heterocycles. The van der Waals surface area contributed by atoms with Crippen molar-refractivity contribution in [2.45, 2.75) is 19.8 Å². The van der Waals surface area contributed by atoms with Gasteiger partial charge in [0.1, 0.15) is 0 Å². The molecule has 0 amide bonds. The Morgan fingerprint density at radius 3 is 2.47 bits per heavy atom. The second-order valence-electron chi connectivity index (χ2n) is 3.41. The number of nitrogens with zero attached hydrogens (tertiary/aromatic N) is 2. The molecule has 15 heavy (non-hydrogen) atoms. The first-order valence-electron chi connectivity index (χ1n) is 5.31. The van der Waals surface area contributed by atoms with Crippen LogP contribution in [0.5, 0.6) is 0 Å². The maximum absolute atomic E-state index is 4.04. The zero-order valence-electron chi connectivity index (χ0n) is 10.3. The number of aliphatic imine (C=N–C) groups is 1. The number of nitrogens with one attached hydrogen (secondary N) is 2. The van der Waals surface area contributed by atoms with Crippen molar-refractivity contribution in [2.24, 2.45) is 4.99 Å². The van der Waals surface area contributed by atoms with E-state index in [0.29, 0.717) is 0 Å². The van der Waals surface area contributed by atoms with Crippen molar-refractivity contribution in [3.63, 3.8) is 0 Å². The molecule has 0 spiro atoms. The molecule has 5 heteroatoms. The molecular formula is C10H25IN4. The van der Waals surface area contributed by atoms with Crippen molar-refractivity contribution >= 4 is 29.9 Å². The van der Waals surface area contributed by atoms with E-state index in [0.717, 1.165) is 19.0 Å². The smallest absolute Gasteiger partial charge is 0.190 e. The van der Waals surface area contributed by atoms with Gasteiger partial charge >= 0.3 is 0 Å². The molecule has 0 rings (SSSR count). The lowest BCUT2D eigenvalue weighted by Gasteiger charge is -2.17. The molecule has 0 bridgehead atoms. The van der Waals surface area contributed by atoms with Gasteiger partial charge in [-0.3, -0.25) is 4.99 Å². The lowest BCUT2D eigenvalue weighted by atomic mass is 10.3. The number of halogens is 1. The molecule has 0 atom stereocenters. The molecule has 0 aromatic carbocycles. The Bertz CT molecular complexity index is 162. The quantitative estimate of drug-likeness (QED) is 0.436. The fourth-order valence-corrected chi connectivity index (χ4v) is 1.18. The van der Waals surface area contributed by atoms with E-state index in [4.69, 9.17) is 0 Å². The molecule has 0 aromatic rings. The minimum atomic E-state index is 0. The molecule has 0 radical (unpaired) electrons. The van der Waals surface area contributed by atoms with Crippen molar-refractivity contribution in [2.75, 3.05) is 40.8 Å². The summed E-state index contributed by atoms with van der Waals surface area (Å²) < 4.78 is 0. The summed E-state index contributed by atoms with van der Waals surface area (Å²) in [5.74, 6) is 0.855. The first kappa shape index (κ1) is 17.4. The van der Waals surface area contributed by atoms with Crippen LogP contribution in [0, 0.1) is 0 Å². The Kier molecular flexibility index (Phi) is 13.9. The van der Waals surface area contributed by atoms with Crippen molar-refractivity contribution in [1.29, 1.82) is 0 Å². The van der Waals surface area contributed by atoms with Gasteiger partial charge in [0.05, 0.1) is 0 Å². The Balaban J connectivity index is 0. The summed E-state index contributed by atoms with van der Waals surface area (Å²) in [6.07, 6.45) is 2.53. The molecule has 0 aromatic heterocycles. The van der Waals surface area contributed by atoms with E-state index >= 15 is 0 Å². The Labute approximate surface area is 111 Å². The van der Waals surface area contributed by atoms with Gasteiger partial charge in [-0.15, -0.1) is 24.0 Å². The second-order valence-corrected chi connectivity index (χ2v) is 3.41. The van der Waals surface area contributed by atoms with Gasteiger partial charge in [0.15, 0.2) is 5.96 Å². The number of rotatable bonds is 6. The van der Waals surface area contributed by atoms with E-state index in [-0.39, 0.29) is 24.0 Å². The van der Waals surface area contributed by atoms with Crippen LogP contribution < -0.4 is 10.6 Å². The average molecular weight is 328 g/mol. The minimum Gasteiger partial charge on any atom is -0.359 e. The highest BCUT2D eigenvalue weighted by molar-refractivity contribution is 14.0. The van der Waals surface area contributed by atoms with E-state index in [1.54, 1.807) is 7.05 Å².